The summed E-state index contributed by atoms with van der Waals surface area (Å²) in [5.41, 5.74) is 5.88. The maximum absolute atomic E-state index is 12.2. The minimum Gasteiger partial charge on any atom is -0.322 e. The Bertz CT molecular complexity index is 633. The third kappa shape index (κ3) is 2.99. The molecule has 0 bridgehead atoms. The summed E-state index contributed by atoms with van der Waals surface area (Å²) in [5, 5.41) is 2.94. The number of hydrogen-bond donors (Lipinski definition) is 1. The summed E-state index contributed by atoms with van der Waals surface area (Å²) < 4.78 is 0. The normalized spacial score (nSPS) is 10.3. The van der Waals surface area contributed by atoms with Crippen LogP contribution in [0.5, 0.6) is 0 Å². The molecule has 0 fully saturated rings. The Labute approximate surface area is 113 Å². The molecule has 0 aliphatic rings. The molecule has 0 spiro atoms. The van der Waals surface area contributed by atoms with Crippen molar-refractivity contribution >= 4 is 11.6 Å². The molecule has 1 aromatic heterocycles. The van der Waals surface area contributed by atoms with Gasteiger partial charge in [0.05, 0.1) is 5.56 Å². The van der Waals surface area contributed by atoms with Crippen molar-refractivity contribution in [2.45, 2.75) is 27.7 Å². The zero-order valence-corrected chi connectivity index (χ0v) is 11.7. The number of carbonyl (C=O) groups is 1. The van der Waals surface area contributed by atoms with E-state index in [1.54, 1.807) is 12.4 Å². The zero-order chi connectivity index (χ0) is 14.0. The molecule has 0 atom stereocenters. The van der Waals surface area contributed by atoms with Crippen LogP contribution in [0.2, 0.25) is 0 Å². The van der Waals surface area contributed by atoms with Gasteiger partial charge in [0, 0.05) is 18.1 Å². The minimum atomic E-state index is -0.123. The number of carbonyl (C=O) groups excluding carboxylic acids is 1. The first-order chi connectivity index (χ1) is 8.97. The third-order valence-electron chi connectivity index (χ3n) is 3.23. The van der Waals surface area contributed by atoms with Gasteiger partial charge in [0.15, 0.2) is 0 Å². The van der Waals surface area contributed by atoms with E-state index in [2.05, 4.69) is 23.3 Å². The second-order valence-electron chi connectivity index (χ2n) is 4.96. The summed E-state index contributed by atoms with van der Waals surface area (Å²) in [5.74, 6) is -0.123. The topological polar surface area (TPSA) is 42.0 Å². The average Bonchev–Trinajstić information content (AvgIpc) is 2.36. The Balaban J connectivity index is 2.27. The second kappa shape index (κ2) is 5.22. The fourth-order valence-electron chi connectivity index (χ4n) is 1.97. The molecule has 1 aromatic carbocycles. The largest absolute Gasteiger partial charge is 0.322 e. The van der Waals surface area contributed by atoms with E-state index in [9.17, 15) is 4.79 Å². The van der Waals surface area contributed by atoms with Gasteiger partial charge in [-0.25, -0.2) is 0 Å². The van der Waals surface area contributed by atoms with Crippen molar-refractivity contribution in [3.63, 3.8) is 0 Å². The van der Waals surface area contributed by atoms with Gasteiger partial charge in [-0.15, -0.1) is 0 Å². The van der Waals surface area contributed by atoms with Gasteiger partial charge in [-0.2, -0.15) is 0 Å². The lowest BCUT2D eigenvalue weighted by molar-refractivity contribution is 0.102. The Morgan fingerprint density at radius 2 is 1.63 bits per heavy atom. The van der Waals surface area contributed by atoms with Gasteiger partial charge < -0.3 is 5.32 Å². The van der Waals surface area contributed by atoms with Crippen LogP contribution in [-0.4, -0.2) is 10.9 Å². The Morgan fingerprint density at radius 1 is 0.947 bits per heavy atom. The smallest absolute Gasteiger partial charge is 0.257 e. The molecule has 1 N–H and O–H groups in total. The van der Waals surface area contributed by atoms with Crippen molar-refractivity contribution in [1.82, 2.24) is 4.98 Å². The SMILES string of the molecule is Cc1cncc(C(=O)Nc2cc(C)c(C)cc2C)c1. The molecule has 0 aliphatic heterocycles. The Morgan fingerprint density at radius 3 is 2.32 bits per heavy atom. The van der Waals surface area contributed by atoms with Gasteiger partial charge in [0.25, 0.3) is 5.91 Å². The van der Waals surface area contributed by atoms with Gasteiger partial charge in [0.2, 0.25) is 0 Å². The average molecular weight is 254 g/mol. The predicted molar refractivity (Wildman–Crippen MR) is 77.6 cm³/mol. The van der Waals surface area contributed by atoms with Crippen LogP contribution in [0.3, 0.4) is 0 Å². The van der Waals surface area contributed by atoms with Crippen LogP contribution in [0, 0.1) is 27.7 Å². The summed E-state index contributed by atoms with van der Waals surface area (Å²) in [6.07, 6.45) is 3.32. The molecule has 0 radical (unpaired) electrons. The first kappa shape index (κ1) is 13.3. The molecular formula is C16H18N2O. The van der Waals surface area contributed by atoms with Crippen LogP contribution in [0.4, 0.5) is 5.69 Å². The van der Waals surface area contributed by atoms with E-state index in [1.165, 1.54) is 11.1 Å². The van der Waals surface area contributed by atoms with Gasteiger partial charge in [0.1, 0.15) is 0 Å². The summed E-state index contributed by atoms with van der Waals surface area (Å²) in [4.78, 5) is 16.2. The summed E-state index contributed by atoms with van der Waals surface area (Å²) >= 11 is 0. The zero-order valence-electron chi connectivity index (χ0n) is 11.7. The molecule has 19 heavy (non-hydrogen) atoms. The highest BCUT2D eigenvalue weighted by Crippen LogP contribution is 2.20. The van der Waals surface area contributed by atoms with Crippen molar-refractivity contribution in [2.24, 2.45) is 0 Å². The highest BCUT2D eigenvalue weighted by Gasteiger charge is 2.09. The third-order valence-corrected chi connectivity index (χ3v) is 3.23. The lowest BCUT2D eigenvalue weighted by Gasteiger charge is -2.11. The number of pyridine rings is 1. The maximum atomic E-state index is 12.2. The van der Waals surface area contributed by atoms with Crippen molar-refractivity contribution in [1.29, 1.82) is 0 Å². The molecule has 3 heteroatoms. The Kier molecular flexibility index (Phi) is 3.65. The lowest BCUT2D eigenvalue weighted by Crippen LogP contribution is -2.13. The first-order valence-electron chi connectivity index (χ1n) is 6.28. The molecule has 0 unspecified atom stereocenters. The van der Waals surface area contributed by atoms with E-state index in [0.717, 1.165) is 16.8 Å². The molecule has 0 saturated carbocycles. The fraction of sp³-hybridized carbons (Fsp3) is 0.250. The first-order valence-corrected chi connectivity index (χ1v) is 6.28. The number of aryl methyl sites for hydroxylation is 4. The monoisotopic (exact) mass is 254 g/mol. The van der Waals surface area contributed by atoms with Crippen LogP contribution in [0.25, 0.3) is 0 Å². The van der Waals surface area contributed by atoms with Gasteiger partial charge in [-0.05, 0) is 62.1 Å². The molecule has 0 saturated heterocycles. The quantitative estimate of drug-likeness (QED) is 0.890. The number of rotatable bonds is 2. The Hall–Kier alpha value is -2.16. The van der Waals surface area contributed by atoms with Crippen molar-refractivity contribution in [2.75, 3.05) is 5.32 Å². The number of aromatic nitrogens is 1. The molecule has 1 heterocycles. The fourth-order valence-corrected chi connectivity index (χ4v) is 1.97. The van der Waals surface area contributed by atoms with Gasteiger partial charge in [-0.1, -0.05) is 6.07 Å². The van der Waals surface area contributed by atoms with E-state index in [0.29, 0.717) is 5.56 Å². The van der Waals surface area contributed by atoms with Crippen LogP contribution in [0.15, 0.2) is 30.6 Å². The highest BCUT2D eigenvalue weighted by atomic mass is 16.1. The standard InChI is InChI=1S/C16H18N2O/c1-10-5-14(9-17-8-10)16(19)18-15-7-12(3)11(2)6-13(15)4/h5-9H,1-4H3,(H,18,19). The number of benzene rings is 1. The molecule has 2 rings (SSSR count). The molecular weight excluding hydrogens is 236 g/mol. The predicted octanol–water partition coefficient (Wildman–Crippen LogP) is 3.57. The molecule has 1 amide bonds. The van der Waals surface area contributed by atoms with E-state index in [1.807, 2.05) is 32.9 Å². The summed E-state index contributed by atoms with van der Waals surface area (Å²) in [7, 11) is 0. The number of amides is 1. The van der Waals surface area contributed by atoms with E-state index < -0.39 is 0 Å². The summed E-state index contributed by atoms with van der Waals surface area (Å²) in [6.45, 7) is 8.03. The van der Waals surface area contributed by atoms with E-state index >= 15 is 0 Å². The second-order valence-corrected chi connectivity index (χ2v) is 4.96. The minimum absolute atomic E-state index is 0.123. The number of hydrogen-bond acceptors (Lipinski definition) is 2. The van der Waals surface area contributed by atoms with Crippen molar-refractivity contribution in [3.05, 3.63) is 58.4 Å². The van der Waals surface area contributed by atoms with Crippen LogP contribution < -0.4 is 5.32 Å². The van der Waals surface area contributed by atoms with E-state index in [4.69, 9.17) is 0 Å². The van der Waals surface area contributed by atoms with Crippen molar-refractivity contribution in [3.8, 4) is 0 Å². The van der Waals surface area contributed by atoms with E-state index in [-0.39, 0.29) is 5.91 Å². The van der Waals surface area contributed by atoms with Gasteiger partial charge >= 0.3 is 0 Å². The number of anilines is 1. The summed E-state index contributed by atoms with van der Waals surface area (Å²) in [6, 6.07) is 5.92. The molecule has 0 aliphatic carbocycles. The molecule has 2 aromatic rings. The highest BCUT2D eigenvalue weighted by molar-refractivity contribution is 6.04. The van der Waals surface area contributed by atoms with Gasteiger partial charge in [-0.3, -0.25) is 9.78 Å². The number of nitrogens with one attached hydrogen (secondary N) is 1. The molecule has 98 valence electrons. The van der Waals surface area contributed by atoms with Crippen LogP contribution in [-0.2, 0) is 0 Å². The van der Waals surface area contributed by atoms with Crippen LogP contribution >= 0.6 is 0 Å². The number of nitrogens with zero attached hydrogens (tertiary/aromatic N) is 1. The molecule has 3 nitrogen and oxygen atoms in total. The maximum Gasteiger partial charge on any atom is 0.257 e. The van der Waals surface area contributed by atoms with Crippen LogP contribution in [0.1, 0.15) is 32.6 Å². The van der Waals surface area contributed by atoms with Crippen molar-refractivity contribution < 1.29 is 4.79 Å². The lowest BCUT2D eigenvalue weighted by atomic mass is 10.0.